The summed E-state index contributed by atoms with van der Waals surface area (Å²) in [7, 11) is 0. The minimum Gasteiger partial charge on any atom is -1.00 e. The van der Waals surface area contributed by atoms with Crippen molar-refractivity contribution in [1.29, 1.82) is 0 Å². The first-order chi connectivity index (χ1) is 6.37. The monoisotopic (exact) mass is 210 g/mol. The van der Waals surface area contributed by atoms with E-state index in [1.165, 1.54) is 6.92 Å². The maximum absolute atomic E-state index is 10.9. The Kier molecular flexibility index (Phi) is 7.82. The molecule has 0 aliphatic rings. The Labute approximate surface area is 104 Å². The van der Waals surface area contributed by atoms with Gasteiger partial charge in [0.2, 0.25) is 0 Å². The van der Waals surface area contributed by atoms with Crippen molar-refractivity contribution in [3.05, 3.63) is 0 Å². The zero-order valence-electron chi connectivity index (χ0n) is 10.9. The van der Waals surface area contributed by atoms with E-state index in [1.54, 1.807) is 6.92 Å². The molecule has 1 unspecified atom stereocenters. The molecule has 0 heterocycles. The van der Waals surface area contributed by atoms with Crippen molar-refractivity contribution in [2.75, 3.05) is 0 Å². The number of carboxylic acids is 2. The Balaban J connectivity index is -0.000000845. The van der Waals surface area contributed by atoms with Gasteiger partial charge in [0.15, 0.2) is 5.41 Å². The van der Waals surface area contributed by atoms with E-state index in [9.17, 15) is 9.59 Å². The number of carboxylic acid groups (broad SMARTS) is 2. The smallest absolute Gasteiger partial charge is 1.00 e. The molecule has 0 aliphatic carbocycles. The van der Waals surface area contributed by atoms with Crippen LogP contribution in [0, 0.1) is 11.3 Å². The first kappa shape index (κ1) is 16.9. The summed E-state index contributed by atoms with van der Waals surface area (Å²) in [5.74, 6) is -2.86. The number of carbonyl (C=O) groups is 2. The van der Waals surface area contributed by atoms with Crippen molar-refractivity contribution in [2.45, 2.75) is 40.0 Å². The summed E-state index contributed by atoms with van der Waals surface area (Å²) in [4.78, 5) is 21.8. The Bertz CT molecular complexity index is 219. The molecule has 0 spiro atoms. The van der Waals surface area contributed by atoms with Gasteiger partial charge in [-0.25, -0.2) is 0 Å². The molecule has 15 heavy (non-hydrogen) atoms. The van der Waals surface area contributed by atoms with Gasteiger partial charge in [-0.05, 0) is 19.3 Å². The van der Waals surface area contributed by atoms with Gasteiger partial charge in [0.1, 0.15) is 0 Å². The molecular weight excluding hydrogens is 191 g/mol. The summed E-state index contributed by atoms with van der Waals surface area (Å²) >= 11 is 0. The van der Waals surface area contributed by atoms with Crippen molar-refractivity contribution >= 4 is 11.9 Å². The second-order valence-corrected chi connectivity index (χ2v) is 3.86. The van der Waals surface area contributed by atoms with Crippen molar-refractivity contribution < 1.29 is 40.1 Å². The third kappa shape index (κ3) is 3.88. The SMILES string of the molecule is CCCCC(C)C(C)(C(=O)O)C(=O)O.[H-].[Li+]. The zero-order valence-corrected chi connectivity index (χ0v) is 9.91. The Morgan fingerprint density at radius 1 is 1.33 bits per heavy atom. The Hall–Kier alpha value is -0.463. The fourth-order valence-corrected chi connectivity index (χ4v) is 1.31. The first-order valence-corrected chi connectivity index (χ1v) is 4.84. The van der Waals surface area contributed by atoms with Crippen molar-refractivity contribution in [3.8, 4) is 0 Å². The van der Waals surface area contributed by atoms with Gasteiger partial charge in [-0.15, -0.1) is 0 Å². The first-order valence-electron chi connectivity index (χ1n) is 4.84. The van der Waals surface area contributed by atoms with Crippen LogP contribution in [-0.2, 0) is 9.59 Å². The molecule has 1 atom stereocenters. The zero-order chi connectivity index (χ0) is 11.4. The van der Waals surface area contributed by atoms with Crippen molar-refractivity contribution in [2.24, 2.45) is 11.3 Å². The largest absolute Gasteiger partial charge is 1.00 e. The second kappa shape index (κ2) is 6.92. The maximum Gasteiger partial charge on any atom is 1.00 e. The van der Waals surface area contributed by atoms with Gasteiger partial charge in [-0.3, -0.25) is 9.59 Å². The summed E-state index contributed by atoms with van der Waals surface area (Å²) in [5.41, 5.74) is -1.66. The van der Waals surface area contributed by atoms with Gasteiger partial charge in [-0.2, -0.15) is 0 Å². The summed E-state index contributed by atoms with van der Waals surface area (Å²) in [6.45, 7) is 4.95. The van der Waals surface area contributed by atoms with Gasteiger partial charge in [0.25, 0.3) is 0 Å². The molecule has 0 saturated carbocycles. The summed E-state index contributed by atoms with van der Waals surface area (Å²) in [6.07, 6.45) is 2.43. The number of aliphatic carboxylic acids is 2. The molecule has 84 valence electrons. The third-order valence-electron chi connectivity index (χ3n) is 2.86. The fourth-order valence-electron chi connectivity index (χ4n) is 1.31. The van der Waals surface area contributed by atoms with E-state index >= 15 is 0 Å². The normalized spacial score (nSPS) is 12.7. The summed E-state index contributed by atoms with van der Waals surface area (Å²) < 4.78 is 0. The summed E-state index contributed by atoms with van der Waals surface area (Å²) in [6, 6.07) is 0. The third-order valence-corrected chi connectivity index (χ3v) is 2.86. The standard InChI is InChI=1S/C10H18O4.Li.H/c1-4-5-6-7(2)10(3,8(11)12)9(13)14;;/h7H,4-6H2,1-3H3,(H,11,12)(H,13,14);;/q;+1;-1. The van der Waals surface area contributed by atoms with Gasteiger partial charge >= 0.3 is 30.8 Å². The Morgan fingerprint density at radius 3 is 2.00 bits per heavy atom. The van der Waals surface area contributed by atoms with E-state index in [-0.39, 0.29) is 26.2 Å². The molecule has 4 nitrogen and oxygen atoms in total. The maximum atomic E-state index is 10.9. The van der Waals surface area contributed by atoms with E-state index in [2.05, 4.69) is 0 Å². The molecule has 0 rings (SSSR count). The molecular formula is C10H19LiO4. The molecule has 2 N–H and O–H groups in total. The minimum atomic E-state index is -1.66. The van der Waals surface area contributed by atoms with Crippen LogP contribution < -0.4 is 18.9 Å². The molecule has 0 fully saturated rings. The van der Waals surface area contributed by atoms with E-state index in [4.69, 9.17) is 10.2 Å². The van der Waals surface area contributed by atoms with E-state index < -0.39 is 17.4 Å². The van der Waals surface area contributed by atoms with Crippen LogP contribution >= 0.6 is 0 Å². The van der Waals surface area contributed by atoms with Crippen molar-refractivity contribution in [3.63, 3.8) is 0 Å². The van der Waals surface area contributed by atoms with E-state index in [0.717, 1.165) is 12.8 Å². The molecule has 0 bridgehead atoms. The molecule has 5 heteroatoms. The molecule has 0 aromatic heterocycles. The van der Waals surface area contributed by atoms with Crippen LogP contribution in [-0.4, -0.2) is 22.2 Å². The average molecular weight is 210 g/mol. The van der Waals surface area contributed by atoms with Gasteiger partial charge < -0.3 is 11.6 Å². The predicted molar refractivity (Wildman–Crippen MR) is 53.2 cm³/mol. The molecule has 0 radical (unpaired) electrons. The van der Waals surface area contributed by atoms with Crippen LogP contribution in [0.4, 0.5) is 0 Å². The molecule has 0 amide bonds. The molecule has 0 aromatic rings. The van der Waals surface area contributed by atoms with E-state index in [0.29, 0.717) is 6.42 Å². The number of hydrogen-bond donors (Lipinski definition) is 2. The van der Waals surface area contributed by atoms with Crippen LogP contribution in [0.1, 0.15) is 41.5 Å². The molecule has 0 aliphatic heterocycles. The Morgan fingerprint density at radius 2 is 1.73 bits per heavy atom. The average Bonchev–Trinajstić information content (AvgIpc) is 2.11. The van der Waals surface area contributed by atoms with E-state index in [1.807, 2.05) is 6.92 Å². The number of rotatable bonds is 6. The summed E-state index contributed by atoms with van der Waals surface area (Å²) in [5, 5.41) is 17.8. The quantitative estimate of drug-likeness (QED) is 0.440. The fraction of sp³-hybridized carbons (Fsp3) is 0.800. The van der Waals surface area contributed by atoms with Gasteiger partial charge in [-0.1, -0.05) is 26.7 Å². The van der Waals surface area contributed by atoms with Crippen LogP contribution in [0.25, 0.3) is 0 Å². The van der Waals surface area contributed by atoms with Crippen LogP contribution in [0.15, 0.2) is 0 Å². The van der Waals surface area contributed by atoms with Crippen molar-refractivity contribution in [1.82, 2.24) is 0 Å². The molecule has 0 aromatic carbocycles. The topological polar surface area (TPSA) is 74.6 Å². The minimum absolute atomic E-state index is 0. The second-order valence-electron chi connectivity index (χ2n) is 3.86. The van der Waals surface area contributed by atoms with Crippen LogP contribution in [0.5, 0.6) is 0 Å². The van der Waals surface area contributed by atoms with Gasteiger partial charge in [0.05, 0.1) is 0 Å². The predicted octanol–water partition coefficient (Wildman–Crippen LogP) is -0.895. The molecule has 0 saturated heterocycles. The van der Waals surface area contributed by atoms with Gasteiger partial charge in [0, 0.05) is 0 Å². The van der Waals surface area contributed by atoms with Crippen LogP contribution in [0.2, 0.25) is 0 Å². The number of unbranched alkanes of at least 4 members (excludes halogenated alkanes) is 1. The van der Waals surface area contributed by atoms with Crippen LogP contribution in [0.3, 0.4) is 0 Å². The number of hydrogen-bond acceptors (Lipinski definition) is 2.